The predicted octanol–water partition coefficient (Wildman–Crippen LogP) is 1.54. The van der Waals surface area contributed by atoms with E-state index in [9.17, 15) is 13.2 Å². The van der Waals surface area contributed by atoms with E-state index in [0.717, 1.165) is 0 Å². The van der Waals surface area contributed by atoms with Crippen LogP contribution in [0, 0.1) is 0 Å². The van der Waals surface area contributed by atoms with Crippen molar-refractivity contribution < 1.29 is 13.2 Å². The number of rotatable bonds is 2. The smallest absolute Gasteiger partial charge is 0.243 e. The second kappa shape index (κ2) is 4.72. The summed E-state index contributed by atoms with van der Waals surface area (Å²) in [5.41, 5.74) is 1.08. The highest BCUT2D eigenvalue weighted by Crippen LogP contribution is 2.36. The largest absolute Gasteiger partial charge is 0.290 e. The van der Waals surface area contributed by atoms with Gasteiger partial charge in [-0.15, -0.1) is 0 Å². The molecule has 1 amide bonds. The van der Waals surface area contributed by atoms with E-state index >= 15 is 0 Å². The molecule has 0 spiro atoms. The topological polar surface area (TPSA) is 67.3 Å². The molecular formula is C14H12N2O3S. The number of sulfone groups is 1. The third-order valence-corrected chi connectivity index (χ3v) is 4.98. The Hall–Kier alpha value is -2.21. The molecule has 3 rings (SSSR count). The number of hydrogen-bond acceptors (Lipinski definition) is 4. The zero-order valence-corrected chi connectivity index (χ0v) is 11.3. The monoisotopic (exact) mass is 288 g/mol. The van der Waals surface area contributed by atoms with E-state index in [1.54, 1.807) is 42.6 Å². The van der Waals surface area contributed by atoms with Crippen LogP contribution in [0.25, 0.3) is 0 Å². The quantitative estimate of drug-likeness (QED) is 0.840. The minimum atomic E-state index is -3.55. The van der Waals surface area contributed by atoms with Crippen molar-refractivity contribution in [1.29, 1.82) is 0 Å². The van der Waals surface area contributed by atoms with Gasteiger partial charge in [0.05, 0.1) is 0 Å². The summed E-state index contributed by atoms with van der Waals surface area (Å²) >= 11 is 0. The molecule has 2 aromatic rings. The number of benzene rings is 1. The van der Waals surface area contributed by atoms with Crippen molar-refractivity contribution in [1.82, 2.24) is 4.98 Å². The minimum Gasteiger partial charge on any atom is -0.290 e. The van der Waals surface area contributed by atoms with E-state index in [2.05, 4.69) is 4.98 Å². The average Bonchev–Trinajstić information content (AvgIpc) is 2.70. The summed E-state index contributed by atoms with van der Waals surface area (Å²) in [5, 5.41) is -0.994. The van der Waals surface area contributed by atoms with Gasteiger partial charge in [0, 0.05) is 23.6 Å². The molecule has 1 saturated heterocycles. The van der Waals surface area contributed by atoms with Crippen LogP contribution in [0.5, 0.6) is 0 Å². The van der Waals surface area contributed by atoms with E-state index in [0.29, 0.717) is 11.3 Å². The van der Waals surface area contributed by atoms with Crippen LogP contribution in [-0.4, -0.2) is 25.1 Å². The Morgan fingerprint density at radius 2 is 1.85 bits per heavy atom. The van der Waals surface area contributed by atoms with Gasteiger partial charge in [0.2, 0.25) is 5.91 Å². The molecule has 1 unspecified atom stereocenters. The van der Waals surface area contributed by atoms with Crippen LogP contribution in [0.1, 0.15) is 10.9 Å². The van der Waals surface area contributed by atoms with Gasteiger partial charge in [0.25, 0.3) is 0 Å². The Labute approximate surface area is 116 Å². The fraction of sp³-hybridized carbons (Fsp3) is 0.143. The molecule has 1 fully saturated rings. The molecule has 6 heteroatoms. The molecule has 0 radical (unpaired) electrons. The summed E-state index contributed by atoms with van der Waals surface area (Å²) in [6.45, 7) is 0. The van der Waals surface area contributed by atoms with Crippen molar-refractivity contribution in [3.05, 3.63) is 60.4 Å². The zero-order chi connectivity index (χ0) is 14.2. The van der Waals surface area contributed by atoms with Gasteiger partial charge in [-0.05, 0) is 18.2 Å². The van der Waals surface area contributed by atoms with Gasteiger partial charge in [0.1, 0.15) is 5.75 Å². The first-order chi connectivity index (χ1) is 9.59. The highest BCUT2D eigenvalue weighted by Gasteiger charge is 2.45. The lowest BCUT2D eigenvalue weighted by atomic mass is 10.2. The highest BCUT2D eigenvalue weighted by atomic mass is 32.2. The van der Waals surface area contributed by atoms with Gasteiger partial charge in [0.15, 0.2) is 15.2 Å². The van der Waals surface area contributed by atoms with E-state index < -0.39 is 26.9 Å². The van der Waals surface area contributed by atoms with Gasteiger partial charge in [-0.25, -0.2) is 8.42 Å². The Kier molecular flexibility index (Phi) is 3.02. The summed E-state index contributed by atoms with van der Waals surface area (Å²) in [4.78, 5) is 17.4. The van der Waals surface area contributed by atoms with Crippen LogP contribution in [0.2, 0.25) is 0 Å². The molecular weight excluding hydrogens is 276 g/mol. The number of aromatic nitrogens is 1. The van der Waals surface area contributed by atoms with E-state index in [1.165, 1.54) is 11.1 Å². The minimum absolute atomic E-state index is 0.412. The molecule has 5 nitrogen and oxygen atoms in total. The molecule has 0 N–H and O–H groups in total. The molecule has 1 aromatic heterocycles. The molecule has 1 aliphatic rings. The summed E-state index contributed by atoms with van der Waals surface area (Å²) < 4.78 is 24.5. The third-order valence-electron chi connectivity index (χ3n) is 3.17. The lowest BCUT2D eigenvalue weighted by Gasteiger charge is -2.23. The van der Waals surface area contributed by atoms with Crippen LogP contribution in [-0.2, 0) is 14.6 Å². The molecule has 1 aliphatic heterocycles. The van der Waals surface area contributed by atoms with Crippen LogP contribution < -0.4 is 4.90 Å². The number of nitrogens with zero attached hydrogens (tertiary/aromatic N) is 2. The molecule has 20 heavy (non-hydrogen) atoms. The molecule has 0 saturated carbocycles. The second-order valence-electron chi connectivity index (χ2n) is 4.55. The van der Waals surface area contributed by atoms with Gasteiger partial charge >= 0.3 is 0 Å². The first-order valence-electron chi connectivity index (χ1n) is 6.08. The van der Waals surface area contributed by atoms with Crippen molar-refractivity contribution in [2.45, 2.75) is 5.37 Å². The van der Waals surface area contributed by atoms with Crippen molar-refractivity contribution in [3.63, 3.8) is 0 Å². The standard InChI is InChI=1S/C14H12N2O3S/c17-13-10-20(18,19)14(11-5-4-8-15-9-11)16(13)12-6-2-1-3-7-12/h1-9,14H,10H2. The van der Waals surface area contributed by atoms with Crippen molar-refractivity contribution in [2.24, 2.45) is 0 Å². The average molecular weight is 288 g/mol. The molecule has 0 aliphatic carbocycles. The summed E-state index contributed by atoms with van der Waals surface area (Å²) in [7, 11) is -3.55. The van der Waals surface area contributed by atoms with Gasteiger partial charge < -0.3 is 0 Å². The van der Waals surface area contributed by atoms with Crippen LogP contribution in [0.4, 0.5) is 5.69 Å². The molecule has 1 aromatic carbocycles. The molecule has 102 valence electrons. The van der Waals surface area contributed by atoms with Crippen molar-refractivity contribution in [2.75, 3.05) is 10.7 Å². The number of amides is 1. The number of pyridine rings is 1. The summed E-state index contributed by atoms with van der Waals surface area (Å²) in [6, 6.07) is 12.1. The fourth-order valence-corrected chi connectivity index (χ4v) is 4.11. The maximum atomic E-state index is 12.3. The fourth-order valence-electron chi connectivity index (χ4n) is 2.36. The van der Waals surface area contributed by atoms with Crippen molar-refractivity contribution >= 4 is 21.4 Å². The lowest BCUT2D eigenvalue weighted by Crippen LogP contribution is -2.29. The Balaban J connectivity index is 2.15. The SMILES string of the molecule is O=C1CS(=O)(=O)C(c2cccnc2)N1c1ccccc1. The Morgan fingerprint density at radius 1 is 1.10 bits per heavy atom. The van der Waals surface area contributed by atoms with Crippen molar-refractivity contribution in [3.8, 4) is 0 Å². The first kappa shape index (κ1) is 12.8. The number of para-hydroxylation sites is 1. The van der Waals surface area contributed by atoms with E-state index in [-0.39, 0.29) is 0 Å². The number of anilines is 1. The van der Waals surface area contributed by atoms with Crippen LogP contribution >= 0.6 is 0 Å². The van der Waals surface area contributed by atoms with Crippen LogP contribution in [0.3, 0.4) is 0 Å². The number of carbonyl (C=O) groups excluding carboxylic acids is 1. The van der Waals surface area contributed by atoms with Gasteiger partial charge in [-0.2, -0.15) is 0 Å². The highest BCUT2D eigenvalue weighted by molar-refractivity contribution is 7.93. The second-order valence-corrected chi connectivity index (χ2v) is 6.61. The maximum Gasteiger partial charge on any atom is 0.243 e. The van der Waals surface area contributed by atoms with E-state index in [4.69, 9.17) is 0 Å². The zero-order valence-electron chi connectivity index (χ0n) is 10.5. The predicted molar refractivity (Wildman–Crippen MR) is 74.7 cm³/mol. The summed E-state index contributed by atoms with van der Waals surface area (Å²) in [5.74, 6) is -0.883. The Morgan fingerprint density at radius 3 is 2.50 bits per heavy atom. The third kappa shape index (κ3) is 2.08. The molecule has 0 bridgehead atoms. The summed E-state index contributed by atoms with van der Waals surface area (Å²) in [6.07, 6.45) is 3.05. The normalized spacial score (nSPS) is 21.1. The van der Waals surface area contributed by atoms with Gasteiger partial charge in [-0.1, -0.05) is 24.3 Å². The Bertz CT molecular complexity index is 730. The number of hydrogen-bond donors (Lipinski definition) is 0. The molecule has 2 heterocycles. The van der Waals surface area contributed by atoms with Gasteiger partial charge in [-0.3, -0.25) is 14.7 Å². The van der Waals surface area contributed by atoms with E-state index in [1.807, 2.05) is 6.07 Å². The maximum absolute atomic E-state index is 12.3. The first-order valence-corrected chi connectivity index (χ1v) is 7.80. The lowest BCUT2D eigenvalue weighted by molar-refractivity contribution is -0.115. The molecule has 1 atom stereocenters. The van der Waals surface area contributed by atoms with Crippen LogP contribution in [0.15, 0.2) is 54.9 Å². The number of carbonyl (C=O) groups is 1.